The molecule has 1 aliphatic heterocycles. The number of nitrogens with one attached hydrogen (secondary N) is 1. The molecule has 0 saturated carbocycles. The maximum Gasteiger partial charge on any atom is 0.0700 e. The van der Waals surface area contributed by atoms with Crippen molar-refractivity contribution >= 4 is 0 Å². The van der Waals surface area contributed by atoms with E-state index in [1.54, 1.807) is 0 Å². The molecule has 1 N–H and O–H groups in total. The lowest BCUT2D eigenvalue weighted by molar-refractivity contribution is 0.110. The standard InChI is InChI=1S/C11H23NO/c1-3-10(2)6-7-12-9-11-5-4-8-13-11/h10-12H,3-9H2,1-2H3. The Labute approximate surface area is 82.0 Å². The molecule has 2 atom stereocenters. The molecule has 0 spiro atoms. The molecule has 78 valence electrons. The molecule has 1 rings (SSSR count). The van der Waals surface area contributed by atoms with Gasteiger partial charge in [-0.3, -0.25) is 0 Å². The summed E-state index contributed by atoms with van der Waals surface area (Å²) in [6.07, 6.45) is 5.58. The van der Waals surface area contributed by atoms with Gasteiger partial charge in [0.05, 0.1) is 6.10 Å². The molecule has 0 aromatic carbocycles. The maximum absolute atomic E-state index is 5.52. The third kappa shape index (κ3) is 4.63. The molecule has 13 heavy (non-hydrogen) atoms. The lowest BCUT2D eigenvalue weighted by Crippen LogP contribution is -2.27. The molecule has 0 aliphatic carbocycles. The summed E-state index contributed by atoms with van der Waals surface area (Å²) in [7, 11) is 0. The Morgan fingerprint density at radius 3 is 3.00 bits per heavy atom. The van der Waals surface area contributed by atoms with Gasteiger partial charge in [-0.2, -0.15) is 0 Å². The lowest BCUT2D eigenvalue weighted by Gasteiger charge is -2.12. The fourth-order valence-corrected chi connectivity index (χ4v) is 1.62. The highest BCUT2D eigenvalue weighted by Crippen LogP contribution is 2.10. The molecule has 0 aromatic rings. The van der Waals surface area contributed by atoms with Gasteiger partial charge in [-0.25, -0.2) is 0 Å². The minimum Gasteiger partial charge on any atom is -0.377 e. The molecule has 2 heteroatoms. The van der Waals surface area contributed by atoms with E-state index in [4.69, 9.17) is 4.74 Å². The zero-order valence-electron chi connectivity index (χ0n) is 9.01. The molecule has 1 saturated heterocycles. The smallest absolute Gasteiger partial charge is 0.0700 e. The van der Waals surface area contributed by atoms with E-state index in [0.29, 0.717) is 6.10 Å². The summed E-state index contributed by atoms with van der Waals surface area (Å²) in [5.74, 6) is 0.858. The molecule has 1 heterocycles. The molecular formula is C11H23NO. The number of hydrogen-bond acceptors (Lipinski definition) is 2. The Hall–Kier alpha value is -0.0800. The summed E-state index contributed by atoms with van der Waals surface area (Å²) >= 11 is 0. The van der Waals surface area contributed by atoms with Crippen molar-refractivity contribution < 1.29 is 4.74 Å². The Kier molecular flexibility index (Phi) is 5.40. The molecular weight excluding hydrogens is 162 g/mol. The quantitative estimate of drug-likeness (QED) is 0.640. The second kappa shape index (κ2) is 6.39. The Bertz CT molecular complexity index is 121. The van der Waals surface area contributed by atoms with Crippen LogP contribution in [-0.2, 0) is 4.74 Å². The van der Waals surface area contributed by atoms with Crippen LogP contribution in [0.15, 0.2) is 0 Å². The van der Waals surface area contributed by atoms with Crippen molar-refractivity contribution in [1.29, 1.82) is 0 Å². The van der Waals surface area contributed by atoms with Gasteiger partial charge >= 0.3 is 0 Å². The van der Waals surface area contributed by atoms with Gasteiger partial charge in [-0.15, -0.1) is 0 Å². The fraction of sp³-hybridized carbons (Fsp3) is 1.00. The molecule has 0 radical (unpaired) electrons. The van der Waals surface area contributed by atoms with Crippen LogP contribution in [0.4, 0.5) is 0 Å². The van der Waals surface area contributed by atoms with Gasteiger partial charge in [0.25, 0.3) is 0 Å². The second-order valence-electron chi connectivity index (χ2n) is 4.14. The first-order chi connectivity index (χ1) is 6.33. The maximum atomic E-state index is 5.52. The zero-order chi connectivity index (χ0) is 9.52. The van der Waals surface area contributed by atoms with Crippen molar-refractivity contribution in [3.8, 4) is 0 Å². The van der Waals surface area contributed by atoms with Gasteiger partial charge in [-0.1, -0.05) is 20.3 Å². The Morgan fingerprint density at radius 2 is 2.38 bits per heavy atom. The zero-order valence-corrected chi connectivity index (χ0v) is 9.01. The summed E-state index contributed by atoms with van der Waals surface area (Å²) in [5, 5.41) is 3.47. The summed E-state index contributed by atoms with van der Waals surface area (Å²) in [6.45, 7) is 7.74. The summed E-state index contributed by atoms with van der Waals surface area (Å²) in [5.41, 5.74) is 0. The van der Waals surface area contributed by atoms with E-state index in [1.807, 2.05) is 0 Å². The van der Waals surface area contributed by atoms with Crippen molar-refractivity contribution in [2.45, 2.75) is 45.6 Å². The third-order valence-electron chi connectivity index (χ3n) is 2.91. The first kappa shape index (κ1) is 11.0. The van der Waals surface area contributed by atoms with Crippen molar-refractivity contribution in [1.82, 2.24) is 5.32 Å². The largest absolute Gasteiger partial charge is 0.377 e. The van der Waals surface area contributed by atoms with Crippen molar-refractivity contribution in [3.05, 3.63) is 0 Å². The van der Waals surface area contributed by atoms with E-state index in [0.717, 1.165) is 25.6 Å². The third-order valence-corrected chi connectivity index (χ3v) is 2.91. The van der Waals surface area contributed by atoms with Crippen LogP contribution in [0.5, 0.6) is 0 Å². The number of hydrogen-bond donors (Lipinski definition) is 1. The van der Waals surface area contributed by atoms with Crippen LogP contribution < -0.4 is 5.32 Å². The van der Waals surface area contributed by atoms with E-state index in [-0.39, 0.29) is 0 Å². The van der Waals surface area contributed by atoms with Crippen LogP contribution in [-0.4, -0.2) is 25.8 Å². The van der Waals surface area contributed by atoms with E-state index in [9.17, 15) is 0 Å². The van der Waals surface area contributed by atoms with Gasteiger partial charge in [0.15, 0.2) is 0 Å². The SMILES string of the molecule is CCC(C)CCNCC1CCCO1. The summed E-state index contributed by atoms with van der Waals surface area (Å²) in [4.78, 5) is 0. The summed E-state index contributed by atoms with van der Waals surface area (Å²) in [6, 6.07) is 0. The van der Waals surface area contributed by atoms with E-state index in [2.05, 4.69) is 19.2 Å². The second-order valence-corrected chi connectivity index (χ2v) is 4.14. The van der Waals surface area contributed by atoms with Crippen molar-refractivity contribution in [3.63, 3.8) is 0 Å². The summed E-state index contributed by atoms with van der Waals surface area (Å²) < 4.78 is 5.52. The molecule has 1 fully saturated rings. The monoisotopic (exact) mass is 185 g/mol. The predicted molar refractivity (Wildman–Crippen MR) is 55.9 cm³/mol. The van der Waals surface area contributed by atoms with Crippen molar-refractivity contribution in [2.24, 2.45) is 5.92 Å². The van der Waals surface area contributed by atoms with Gasteiger partial charge in [0.1, 0.15) is 0 Å². The molecule has 2 unspecified atom stereocenters. The van der Waals surface area contributed by atoms with E-state index in [1.165, 1.54) is 25.7 Å². The number of rotatable bonds is 6. The minimum absolute atomic E-state index is 0.497. The van der Waals surface area contributed by atoms with E-state index < -0.39 is 0 Å². The molecule has 0 amide bonds. The van der Waals surface area contributed by atoms with E-state index >= 15 is 0 Å². The Morgan fingerprint density at radius 1 is 1.54 bits per heavy atom. The fourth-order valence-electron chi connectivity index (χ4n) is 1.62. The van der Waals surface area contributed by atoms with Crippen molar-refractivity contribution in [2.75, 3.05) is 19.7 Å². The van der Waals surface area contributed by atoms with Gasteiger partial charge in [0, 0.05) is 13.2 Å². The molecule has 0 aromatic heterocycles. The average Bonchev–Trinajstić information content (AvgIpc) is 2.64. The number of ether oxygens (including phenoxy) is 1. The molecule has 2 nitrogen and oxygen atoms in total. The van der Waals surface area contributed by atoms with Crippen LogP contribution in [0.3, 0.4) is 0 Å². The molecule has 1 aliphatic rings. The highest BCUT2D eigenvalue weighted by molar-refractivity contribution is 4.67. The topological polar surface area (TPSA) is 21.3 Å². The Balaban J connectivity index is 1.88. The van der Waals surface area contributed by atoms with Crippen LogP contribution in [0, 0.1) is 5.92 Å². The average molecular weight is 185 g/mol. The molecule has 0 bridgehead atoms. The van der Waals surface area contributed by atoms with Crippen LogP contribution in [0.2, 0.25) is 0 Å². The first-order valence-electron chi connectivity index (χ1n) is 5.65. The lowest BCUT2D eigenvalue weighted by atomic mass is 10.1. The van der Waals surface area contributed by atoms with Gasteiger partial charge in [0.2, 0.25) is 0 Å². The van der Waals surface area contributed by atoms with Crippen LogP contribution in [0.25, 0.3) is 0 Å². The van der Waals surface area contributed by atoms with Gasteiger partial charge in [-0.05, 0) is 31.7 Å². The first-order valence-corrected chi connectivity index (χ1v) is 5.65. The van der Waals surface area contributed by atoms with Crippen LogP contribution >= 0.6 is 0 Å². The highest BCUT2D eigenvalue weighted by atomic mass is 16.5. The van der Waals surface area contributed by atoms with Crippen LogP contribution in [0.1, 0.15) is 39.5 Å². The normalized spacial score (nSPS) is 24.9. The predicted octanol–water partition coefficient (Wildman–Crippen LogP) is 2.19. The minimum atomic E-state index is 0.497. The highest BCUT2D eigenvalue weighted by Gasteiger charge is 2.14. The van der Waals surface area contributed by atoms with Gasteiger partial charge < -0.3 is 10.1 Å².